The molecule has 0 saturated carbocycles. The largest absolute Gasteiger partial charge is 0.462 e. The van der Waals surface area contributed by atoms with Crippen LogP contribution in [0.15, 0.2) is 0 Å². The molecule has 0 aliphatic carbocycles. The summed E-state index contributed by atoms with van der Waals surface area (Å²) in [5.74, 6) is -0.0292. The molecule has 6 heteroatoms. The van der Waals surface area contributed by atoms with Crippen LogP contribution in [0.5, 0.6) is 0 Å². The summed E-state index contributed by atoms with van der Waals surface area (Å²) < 4.78 is 16.7. The average Bonchev–Trinajstić information content (AvgIpc) is 3.18. The zero-order chi connectivity index (χ0) is 41.0. The van der Waals surface area contributed by atoms with Crippen LogP contribution < -0.4 is 0 Å². The molecule has 1 atom stereocenters. The fourth-order valence-electron chi connectivity index (χ4n) is 7.51. The lowest BCUT2D eigenvalue weighted by Gasteiger charge is -2.18. The number of ether oxygens (including phenoxy) is 3. The summed E-state index contributed by atoms with van der Waals surface area (Å²) in [5, 5.41) is 0. The summed E-state index contributed by atoms with van der Waals surface area (Å²) in [6.07, 6.45) is 45.5. The minimum atomic E-state index is -0.758. The molecule has 0 fully saturated rings. The van der Waals surface area contributed by atoms with Gasteiger partial charge in [0.1, 0.15) is 13.2 Å². The number of rotatable bonds is 45. The van der Waals surface area contributed by atoms with E-state index in [2.05, 4.69) is 27.7 Å². The number of unbranched alkanes of at least 4 members (excludes halogenated alkanes) is 32. The van der Waals surface area contributed by atoms with Crippen molar-refractivity contribution in [3.8, 4) is 0 Å². The highest BCUT2D eigenvalue weighted by atomic mass is 16.6. The predicted molar refractivity (Wildman–Crippen MR) is 238 cm³/mol. The Morgan fingerprint density at radius 2 is 0.589 bits per heavy atom. The van der Waals surface area contributed by atoms with Gasteiger partial charge in [-0.3, -0.25) is 14.4 Å². The molecule has 332 valence electrons. The smallest absolute Gasteiger partial charge is 0.306 e. The Morgan fingerprint density at radius 3 is 0.875 bits per heavy atom. The molecule has 0 bridgehead atoms. The third kappa shape index (κ3) is 43.5. The van der Waals surface area contributed by atoms with E-state index in [1.54, 1.807) is 0 Å². The highest BCUT2D eigenvalue weighted by Crippen LogP contribution is 2.17. The van der Waals surface area contributed by atoms with Crippen LogP contribution in [0.3, 0.4) is 0 Å². The molecule has 0 radical (unpaired) electrons. The van der Waals surface area contributed by atoms with E-state index in [1.807, 2.05) is 0 Å². The van der Waals surface area contributed by atoms with Crippen LogP contribution in [0.2, 0.25) is 0 Å². The van der Waals surface area contributed by atoms with Crippen LogP contribution in [0, 0.1) is 5.92 Å². The minimum Gasteiger partial charge on any atom is -0.462 e. The monoisotopic (exact) mass is 793 g/mol. The summed E-state index contributed by atoms with van der Waals surface area (Å²) >= 11 is 0. The van der Waals surface area contributed by atoms with Crippen LogP contribution in [-0.4, -0.2) is 37.2 Å². The third-order valence-corrected chi connectivity index (χ3v) is 11.3. The van der Waals surface area contributed by atoms with Gasteiger partial charge in [-0.15, -0.1) is 0 Å². The lowest BCUT2D eigenvalue weighted by atomic mass is 10.0. The summed E-state index contributed by atoms with van der Waals surface area (Å²) in [5.41, 5.74) is 0. The Morgan fingerprint density at radius 1 is 0.339 bits per heavy atom. The van der Waals surface area contributed by atoms with Gasteiger partial charge in [0, 0.05) is 19.3 Å². The van der Waals surface area contributed by atoms with Gasteiger partial charge in [0.05, 0.1) is 0 Å². The maximum absolute atomic E-state index is 12.6. The van der Waals surface area contributed by atoms with Gasteiger partial charge >= 0.3 is 17.9 Å². The number of carbonyl (C=O) groups is 3. The van der Waals surface area contributed by atoms with E-state index in [4.69, 9.17) is 14.2 Å². The minimum absolute atomic E-state index is 0.0646. The van der Waals surface area contributed by atoms with Crippen molar-refractivity contribution in [3.63, 3.8) is 0 Å². The first-order valence-electron chi connectivity index (χ1n) is 24.9. The van der Waals surface area contributed by atoms with E-state index >= 15 is 0 Å². The number of hydrogen-bond donors (Lipinski definition) is 0. The van der Waals surface area contributed by atoms with E-state index < -0.39 is 6.10 Å². The lowest BCUT2D eigenvalue weighted by molar-refractivity contribution is -0.167. The molecule has 0 aromatic rings. The quantitative estimate of drug-likeness (QED) is 0.0347. The second kappa shape index (κ2) is 44.5. The Kier molecular flexibility index (Phi) is 43.2. The molecule has 0 amide bonds. The van der Waals surface area contributed by atoms with Crippen molar-refractivity contribution in [1.82, 2.24) is 0 Å². The van der Waals surface area contributed by atoms with Gasteiger partial charge < -0.3 is 14.2 Å². The molecule has 56 heavy (non-hydrogen) atoms. The molecular formula is C50H96O6. The molecule has 0 saturated heterocycles. The average molecular weight is 793 g/mol. The first kappa shape index (κ1) is 54.4. The Balaban J connectivity index is 4.07. The molecule has 0 unspecified atom stereocenters. The van der Waals surface area contributed by atoms with E-state index in [9.17, 15) is 14.4 Å². The number of esters is 3. The van der Waals surface area contributed by atoms with Crippen molar-refractivity contribution >= 4 is 17.9 Å². The molecule has 0 aliphatic rings. The topological polar surface area (TPSA) is 78.9 Å². The van der Waals surface area contributed by atoms with Gasteiger partial charge in [0.15, 0.2) is 6.10 Å². The Hall–Kier alpha value is -1.59. The summed E-state index contributed by atoms with van der Waals surface area (Å²) in [7, 11) is 0. The predicted octanol–water partition coefficient (Wildman–Crippen LogP) is 15.9. The maximum atomic E-state index is 12.6. The van der Waals surface area contributed by atoms with Gasteiger partial charge in [-0.05, 0) is 25.2 Å². The molecule has 0 heterocycles. The SMILES string of the molecule is CCCCCCCCCCCCCCCCCCCCC(=O)OC[C@H](COC(=O)CCCCCCCCCCCCCCC(C)C)OC(=O)CCCCCCC. The molecule has 6 nitrogen and oxygen atoms in total. The standard InChI is InChI=1S/C50H96O6/c1-5-7-9-11-12-13-14-15-16-17-18-19-20-24-27-30-34-37-41-48(51)54-44-47(56-50(53)43-39-32-10-8-6-2)45-55-49(52)42-38-35-31-28-25-22-21-23-26-29-33-36-40-46(3)4/h46-47H,5-45H2,1-4H3/t47-/m1/s1. The van der Waals surface area contributed by atoms with E-state index in [0.717, 1.165) is 70.1 Å². The normalized spacial score (nSPS) is 11.9. The highest BCUT2D eigenvalue weighted by molar-refractivity contribution is 5.71. The van der Waals surface area contributed by atoms with E-state index in [0.29, 0.717) is 19.3 Å². The van der Waals surface area contributed by atoms with Gasteiger partial charge in [-0.25, -0.2) is 0 Å². The highest BCUT2D eigenvalue weighted by Gasteiger charge is 2.19. The van der Waals surface area contributed by atoms with Gasteiger partial charge in [-0.1, -0.05) is 240 Å². The van der Waals surface area contributed by atoms with E-state index in [1.165, 1.54) is 167 Å². The van der Waals surface area contributed by atoms with Crippen molar-refractivity contribution < 1.29 is 28.6 Å². The summed E-state index contributed by atoms with van der Waals surface area (Å²) in [4.78, 5) is 37.6. The van der Waals surface area contributed by atoms with Crippen molar-refractivity contribution in [1.29, 1.82) is 0 Å². The van der Waals surface area contributed by atoms with Crippen molar-refractivity contribution in [2.45, 2.75) is 284 Å². The first-order valence-corrected chi connectivity index (χ1v) is 24.9. The summed E-state index contributed by atoms with van der Waals surface area (Å²) in [6, 6.07) is 0. The van der Waals surface area contributed by atoms with Crippen LogP contribution >= 0.6 is 0 Å². The second-order valence-corrected chi connectivity index (χ2v) is 17.6. The molecule has 0 spiro atoms. The van der Waals surface area contributed by atoms with Crippen molar-refractivity contribution in [2.24, 2.45) is 5.92 Å². The summed E-state index contributed by atoms with van der Waals surface area (Å²) in [6.45, 7) is 8.94. The molecule has 0 N–H and O–H groups in total. The van der Waals surface area contributed by atoms with Crippen LogP contribution in [0.25, 0.3) is 0 Å². The number of carbonyl (C=O) groups excluding carboxylic acids is 3. The van der Waals surface area contributed by atoms with Crippen molar-refractivity contribution in [3.05, 3.63) is 0 Å². The molecule has 0 aromatic heterocycles. The van der Waals surface area contributed by atoms with Crippen LogP contribution in [0.1, 0.15) is 278 Å². The van der Waals surface area contributed by atoms with Gasteiger partial charge in [0.25, 0.3) is 0 Å². The van der Waals surface area contributed by atoms with E-state index in [-0.39, 0.29) is 31.1 Å². The van der Waals surface area contributed by atoms with Gasteiger partial charge in [-0.2, -0.15) is 0 Å². The molecule has 0 rings (SSSR count). The Labute approximate surface area is 348 Å². The zero-order valence-electron chi connectivity index (χ0n) is 38.1. The van der Waals surface area contributed by atoms with Gasteiger partial charge in [0.2, 0.25) is 0 Å². The second-order valence-electron chi connectivity index (χ2n) is 17.6. The first-order chi connectivity index (χ1) is 27.4. The maximum Gasteiger partial charge on any atom is 0.306 e. The third-order valence-electron chi connectivity index (χ3n) is 11.3. The number of hydrogen-bond acceptors (Lipinski definition) is 6. The fourth-order valence-corrected chi connectivity index (χ4v) is 7.51. The molecule has 0 aromatic carbocycles. The molecule has 0 aliphatic heterocycles. The van der Waals surface area contributed by atoms with Crippen LogP contribution in [0.4, 0.5) is 0 Å². The Bertz CT molecular complexity index is 841. The van der Waals surface area contributed by atoms with Crippen molar-refractivity contribution in [2.75, 3.05) is 13.2 Å². The zero-order valence-corrected chi connectivity index (χ0v) is 38.1. The fraction of sp³-hybridized carbons (Fsp3) is 0.940. The lowest BCUT2D eigenvalue weighted by Crippen LogP contribution is -2.30. The van der Waals surface area contributed by atoms with Crippen LogP contribution in [-0.2, 0) is 28.6 Å². The molecular weight excluding hydrogens is 697 g/mol.